The number of hydrogen-bond donors (Lipinski definition) is 0. The Morgan fingerprint density at radius 2 is 1.85 bits per heavy atom. The van der Waals surface area contributed by atoms with Crippen molar-refractivity contribution in [1.82, 2.24) is 19.7 Å². The predicted octanol–water partition coefficient (Wildman–Crippen LogP) is 3.87. The van der Waals surface area contributed by atoms with Gasteiger partial charge in [-0.3, -0.25) is 9.36 Å². The molecule has 0 radical (unpaired) electrons. The Kier molecular flexibility index (Phi) is 7.58. The Labute approximate surface area is 232 Å². The van der Waals surface area contributed by atoms with Crippen LogP contribution in [0.4, 0.5) is 0 Å². The first kappa shape index (κ1) is 27.4. The van der Waals surface area contributed by atoms with E-state index in [0.29, 0.717) is 27.9 Å². The van der Waals surface area contributed by atoms with Crippen LogP contribution in [0.15, 0.2) is 36.4 Å². The van der Waals surface area contributed by atoms with Crippen LogP contribution >= 0.6 is 11.6 Å². The minimum absolute atomic E-state index is 0.0290. The first-order valence-electron chi connectivity index (χ1n) is 12.7. The molecule has 0 bridgehead atoms. The van der Waals surface area contributed by atoms with Gasteiger partial charge in [-0.1, -0.05) is 37.6 Å². The van der Waals surface area contributed by atoms with Crippen molar-refractivity contribution in [1.29, 1.82) is 0 Å². The van der Waals surface area contributed by atoms with Gasteiger partial charge < -0.3 is 19.1 Å². The third kappa shape index (κ3) is 5.22. The van der Waals surface area contributed by atoms with E-state index in [1.807, 2.05) is 42.7 Å². The van der Waals surface area contributed by atoms with Gasteiger partial charge in [0.1, 0.15) is 18.0 Å². The number of sulfone groups is 1. The summed E-state index contributed by atoms with van der Waals surface area (Å²) in [6.45, 7) is 4.35. The molecule has 12 heteroatoms. The number of carbonyl (C=O) groups excluding carboxylic acids is 1. The molecule has 2 aliphatic rings. The minimum atomic E-state index is -3.13. The van der Waals surface area contributed by atoms with Gasteiger partial charge in [-0.15, -0.1) is 10.2 Å². The lowest BCUT2D eigenvalue weighted by molar-refractivity contribution is -0.135. The number of nitrogens with zero attached hydrogens (tertiary/aromatic N) is 4. The maximum atomic E-state index is 13.5. The van der Waals surface area contributed by atoms with E-state index in [9.17, 15) is 13.2 Å². The van der Waals surface area contributed by atoms with Crippen molar-refractivity contribution in [3.05, 3.63) is 64.2 Å². The fourth-order valence-electron chi connectivity index (χ4n) is 5.12. The van der Waals surface area contributed by atoms with Crippen molar-refractivity contribution in [3.8, 4) is 17.2 Å². The van der Waals surface area contributed by atoms with E-state index in [-0.39, 0.29) is 42.8 Å². The molecule has 39 heavy (non-hydrogen) atoms. The van der Waals surface area contributed by atoms with Crippen LogP contribution in [-0.4, -0.2) is 72.8 Å². The van der Waals surface area contributed by atoms with Gasteiger partial charge in [0.25, 0.3) is 0 Å². The Hall–Kier alpha value is -3.15. The zero-order valence-electron chi connectivity index (χ0n) is 22.3. The maximum Gasteiger partial charge on any atom is 0.225 e. The number of benzene rings is 2. The zero-order valence-corrected chi connectivity index (χ0v) is 23.8. The first-order chi connectivity index (χ1) is 18.6. The molecule has 1 fully saturated rings. The van der Waals surface area contributed by atoms with Crippen LogP contribution in [0, 0.1) is 0 Å². The Bertz CT molecular complexity index is 1490. The standard InChI is InChI=1S/C27H31ClN4O6S/c1-16(2)26-29-30-27-22(15-23(33)31-10-12-39(34,35)13-11-31)38-24(18-6-5-7-21(36-3)25(18)37-4)19-14-17(28)8-9-20(19)32(26)27/h5-9,14,16,22,24H,10-13,15H2,1-4H3. The fourth-order valence-corrected chi connectivity index (χ4v) is 6.51. The van der Waals surface area contributed by atoms with Gasteiger partial charge in [-0.25, -0.2) is 8.42 Å². The smallest absolute Gasteiger partial charge is 0.225 e. The highest BCUT2D eigenvalue weighted by molar-refractivity contribution is 7.91. The lowest BCUT2D eigenvalue weighted by atomic mass is 9.98. The first-order valence-corrected chi connectivity index (χ1v) is 14.9. The molecule has 0 N–H and O–H groups in total. The van der Waals surface area contributed by atoms with Crippen molar-refractivity contribution in [3.63, 3.8) is 0 Å². The third-order valence-electron chi connectivity index (χ3n) is 7.10. The van der Waals surface area contributed by atoms with Gasteiger partial charge in [0.15, 0.2) is 27.2 Å². The minimum Gasteiger partial charge on any atom is -0.493 e. The van der Waals surface area contributed by atoms with E-state index in [1.165, 1.54) is 0 Å². The SMILES string of the molecule is COc1cccc(C2OC(CC(=O)N3CCS(=O)(=O)CC3)c3nnc(C(C)C)n3-c3ccc(Cl)cc32)c1OC. The molecule has 0 aliphatic carbocycles. The second-order valence-electron chi connectivity index (χ2n) is 9.93. The van der Waals surface area contributed by atoms with E-state index in [1.54, 1.807) is 31.3 Å². The number of fused-ring (bicyclic) bond motifs is 3. The molecule has 208 valence electrons. The monoisotopic (exact) mass is 574 g/mol. The molecule has 0 saturated carbocycles. The average molecular weight is 575 g/mol. The molecule has 10 nitrogen and oxygen atoms in total. The summed E-state index contributed by atoms with van der Waals surface area (Å²) in [6.07, 6.45) is -1.52. The molecule has 2 aliphatic heterocycles. The Morgan fingerprint density at radius 1 is 1.10 bits per heavy atom. The van der Waals surface area contributed by atoms with Crippen LogP contribution < -0.4 is 9.47 Å². The Balaban J connectivity index is 1.64. The number of carbonyl (C=O) groups is 1. The molecular formula is C27H31ClN4O6S. The molecule has 3 heterocycles. The van der Waals surface area contributed by atoms with Crippen LogP contribution in [0.1, 0.15) is 61.2 Å². The van der Waals surface area contributed by atoms with Gasteiger partial charge in [0.05, 0.1) is 37.8 Å². The number of rotatable bonds is 6. The summed E-state index contributed by atoms with van der Waals surface area (Å²) in [7, 11) is -0.00228. The molecule has 3 aromatic rings. The van der Waals surface area contributed by atoms with Crippen LogP contribution in [0.25, 0.3) is 5.69 Å². The molecule has 2 aromatic carbocycles. The Morgan fingerprint density at radius 3 is 2.51 bits per heavy atom. The topological polar surface area (TPSA) is 113 Å². The summed E-state index contributed by atoms with van der Waals surface area (Å²) in [5, 5.41) is 9.48. The number of aromatic nitrogens is 3. The fraction of sp³-hybridized carbons (Fsp3) is 0.444. The summed E-state index contributed by atoms with van der Waals surface area (Å²) >= 11 is 6.50. The lowest BCUT2D eigenvalue weighted by Crippen LogP contribution is -2.44. The van der Waals surface area contributed by atoms with Gasteiger partial charge in [-0.05, 0) is 24.3 Å². The molecule has 5 rings (SSSR count). The molecular weight excluding hydrogens is 544 g/mol. The normalized spacial score (nSPS) is 20.2. The molecule has 0 spiro atoms. The molecule has 1 aromatic heterocycles. The van der Waals surface area contributed by atoms with E-state index in [2.05, 4.69) is 10.2 Å². The maximum absolute atomic E-state index is 13.5. The van der Waals surface area contributed by atoms with Crippen LogP contribution in [-0.2, 0) is 19.4 Å². The average Bonchev–Trinajstić information content (AvgIpc) is 3.31. The van der Waals surface area contributed by atoms with Crippen molar-refractivity contribution in [2.75, 3.05) is 38.8 Å². The summed E-state index contributed by atoms with van der Waals surface area (Å²) in [5.74, 6) is 1.97. The van der Waals surface area contributed by atoms with Crippen molar-refractivity contribution in [2.24, 2.45) is 0 Å². The molecule has 2 atom stereocenters. The number of amides is 1. The number of hydrogen-bond acceptors (Lipinski definition) is 8. The number of para-hydroxylation sites is 1. The zero-order chi connectivity index (χ0) is 27.9. The molecule has 1 amide bonds. The summed E-state index contributed by atoms with van der Waals surface area (Å²) in [6, 6.07) is 11.1. The summed E-state index contributed by atoms with van der Waals surface area (Å²) in [4.78, 5) is 15.0. The summed E-state index contributed by atoms with van der Waals surface area (Å²) < 4.78 is 43.9. The van der Waals surface area contributed by atoms with E-state index in [4.69, 9.17) is 25.8 Å². The van der Waals surface area contributed by atoms with Gasteiger partial charge in [0.2, 0.25) is 5.91 Å². The lowest BCUT2D eigenvalue weighted by Gasteiger charge is -2.29. The second kappa shape index (κ2) is 10.8. The molecule has 1 saturated heterocycles. The quantitative estimate of drug-likeness (QED) is 0.436. The van der Waals surface area contributed by atoms with Crippen LogP contribution in [0.2, 0.25) is 5.02 Å². The largest absolute Gasteiger partial charge is 0.493 e. The van der Waals surface area contributed by atoms with Crippen LogP contribution in [0.3, 0.4) is 0 Å². The summed E-state index contributed by atoms with van der Waals surface area (Å²) in [5.41, 5.74) is 2.25. The highest BCUT2D eigenvalue weighted by atomic mass is 35.5. The highest BCUT2D eigenvalue weighted by Crippen LogP contribution is 2.46. The number of halogens is 1. The number of methoxy groups -OCH3 is 2. The molecule has 2 unspecified atom stereocenters. The van der Waals surface area contributed by atoms with Crippen LogP contribution in [0.5, 0.6) is 11.5 Å². The third-order valence-corrected chi connectivity index (χ3v) is 8.95. The van der Waals surface area contributed by atoms with E-state index >= 15 is 0 Å². The second-order valence-corrected chi connectivity index (χ2v) is 12.7. The predicted molar refractivity (Wildman–Crippen MR) is 146 cm³/mol. The number of ether oxygens (including phenoxy) is 3. The van der Waals surface area contributed by atoms with Crippen molar-refractivity contribution < 1.29 is 27.4 Å². The van der Waals surface area contributed by atoms with Gasteiger partial charge in [0, 0.05) is 35.2 Å². The van der Waals surface area contributed by atoms with E-state index < -0.39 is 22.0 Å². The van der Waals surface area contributed by atoms with Crippen molar-refractivity contribution in [2.45, 2.75) is 38.4 Å². The van der Waals surface area contributed by atoms with Gasteiger partial charge >= 0.3 is 0 Å². The highest BCUT2D eigenvalue weighted by Gasteiger charge is 2.38. The van der Waals surface area contributed by atoms with E-state index in [0.717, 1.165) is 17.1 Å². The van der Waals surface area contributed by atoms with Gasteiger partial charge in [-0.2, -0.15) is 0 Å². The van der Waals surface area contributed by atoms with Crippen molar-refractivity contribution >= 4 is 27.3 Å².